The molecule has 1 aromatic rings. The van der Waals surface area contributed by atoms with Gasteiger partial charge in [-0.25, -0.2) is 12.7 Å². The summed E-state index contributed by atoms with van der Waals surface area (Å²) in [4.78, 5) is 0.378. The quantitative estimate of drug-likeness (QED) is 0.859. The standard InChI is InChI=1S/C13H21BrN2O2S/c1-5-6-16(4)19(17,18)13-8-11(9-15-3)7-12(14)10(13)2/h7-8,15H,5-6,9H2,1-4H3. The Hall–Kier alpha value is -0.430. The van der Waals surface area contributed by atoms with Crippen molar-refractivity contribution in [3.05, 3.63) is 27.7 Å². The van der Waals surface area contributed by atoms with E-state index in [0.717, 1.165) is 22.0 Å². The SMILES string of the molecule is CCCN(C)S(=O)(=O)c1cc(CNC)cc(Br)c1C. The minimum Gasteiger partial charge on any atom is -0.316 e. The van der Waals surface area contributed by atoms with Gasteiger partial charge in [0, 0.05) is 24.6 Å². The molecule has 0 saturated heterocycles. The third-order valence-corrected chi connectivity index (χ3v) is 5.77. The molecule has 0 saturated carbocycles. The first kappa shape index (κ1) is 16.6. The molecule has 0 atom stereocenters. The summed E-state index contributed by atoms with van der Waals surface area (Å²) in [5.41, 5.74) is 1.70. The monoisotopic (exact) mass is 348 g/mol. The van der Waals surface area contributed by atoms with Crippen LogP contribution in [0.3, 0.4) is 0 Å². The minimum absolute atomic E-state index is 0.378. The van der Waals surface area contributed by atoms with Crippen LogP contribution in [0.4, 0.5) is 0 Å². The van der Waals surface area contributed by atoms with Crippen molar-refractivity contribution in [2.75, 3.05) is 20.6 Å². The molecule has 1 N–H and O–H groups in total. The van der Waals surface area contributed by atoms with Gasteiger partial charge in [-0.1, -0.05) is 22.9 Å². The van der Waals surface area contributed by atoms with Gasteiger partial charge in [0.05, 0.1) is 4.90 Å². The van der Waals surface area contributed by atoms with Gasteiger partial charge in [-0.05, 0) is 43.7 Å². The van der Waals surface area contributed by atoms with Crippen LogP contribution in [-0.4, -0.2) is 33.4 Å². The number of nitrogens with zero attached hydrogens (tertiary/aromatic N) is 1. The maximum Gasteiger partial charge on any atom is 0.243 e. The zero-order chi connectivity index (χ0) is 14.6. The molecule has 0 aromatic heterocycles. The predicted octanol–water partition coefficient (Wildman–Crippen LogP) is 2.51. The molecule has 0 aliphatic heterocycles. The Morgan fingerprint density at radius 2 is 2.00 bits per heavy atom. The van der Waals surface area contributed by atoms with Crippen molar-refractivity contribution >= 4 is 26.0 Å². The number of rotatable bonds is 6. The van der Waals surface area contributed by atoms with Crippen LogP contribution in [0.1, 0.15) is 24.5 Å². The van der Waals surface area contributed by atoms with Crippen LogP contribution in [-0.2, 0) is 16.6 Å². The molecule has 1 aromatic carbocycles. The van der Waals surface area contributed by atoms with Crippen molar-refractivity contribution in [2.24, 2.45) is 0 Å². The topological polar surface area (TPSA) is 49.4 Å². The van der Waals surface area contributed by atoms with Crippen LogP contribution in [0.5, 0.6) is 0 Å². The predicted molar refractivity (Wildman–Crippen MR) is 81.7 cm³/mol. The van der Waals surface area contributed by atoms with Crippen molar-refractivity contribution in [3.63, 3.8) is 0 Å². The van der Waals surface area contributed by atoms with E-state index in [2.05, 4.69) is 21.2 Å². The largest absolute Gasteiger partial charge is 0.316 e. The Morgan fingerprint density at radius 1 is 1.37 bits per heavy atom. The highest BCUT2D eigenvalue weighted by Gasteiger charge is 2.23. The van der Waals surface area contributed by atoms with Crippen LogP contribution < -0.4 is 5.32 Å². The third kappa shape index (κ3) is 3.78. The van der Waals surface area contributed by atoms with Crippen molar-refractivity contribution in [1.82, 2.24) is 9.62 Å². The van der Waals surface area contributed by atoms with E-state index < -0.39 is 10.0 Å². The molecule has 0 fully saturated rings. The van der Waals surface area contributed by atoms with Gasteiger partial charge in [0.25, 0.3) is 0 Å². The van der Waals surface area contributed by atoms with E-state index in [-0.39, 0.29) is 0 Å². The molecule has 0 bridgehead atoms. The van der Waals surface area contributed by atoms with Crippen molar-refractivity contribution in [2.45, 2.75) is 31.7 Å². The normalized spacial score (nSPS) is 12.1. The maximum absolute atomic E-state index is 12.5. The molecular weight excluding hydrogens is 328 g/mol. The molecule has 0 aliphatic rings. The molecular formula is C13H21BrN2O2S. The number of hydrogen-bond donors (Lipinski definition) is 1. The highest BCUT2D eigenvalue weighted by atomic mass is 79.9. The zero-order valence-corrected chi connectivity index (χ0v) is 14.2. The lowest BCUT2D eigenvalue weighted by molar-refractivity contribution is 0.468. The number of sulfonamides is 1. The zero-order valence-electron chi connectivity index (χ0n) is 11.8. The van der Waals surface area contributed by atoms with Gasteiger partial charge in [0.1, 0.15) is 0 Å². The van der Waals surface area contributed by atoms with Gasteiger partial charge in [0.15, 0.2) is 0 Å². The Labute approximate surface area is 124 Å². The summed E-state index contributed by atoms with van der Waals surface area (Å²) in [5.74, 6) is 0. The van der Waals surface area contributed by atoms with E-state index in [1.54, 1.807) is 13.1 Å². The summed E-state index contributed by atoms with van der Waals surface area (Å²) in [5, 5.41) is 3.03. The first-order chi connectivity index (χ1) is 8.84. The molecule has 108 valence electrons. The lowest BCUT2D eigenvalue weighted by Crippen LogP contribution is -2.28. The van der Waals surface area contributed by atoms with Crippen LogP contribution >= 0.6 is 15.9 Å². The molecule has 0 aliphatic carbocycles. The van der Waals surface area contributed by atoms with Gasteiger partial charge in [0.2, 0.25) is 10.0 Å². The molecule has 0 radical (unpaired) electrons. The third-order valence-electron chi connectivity index (χ3n) is 2.96. The second-order valence-corrected chi connectivity index (χ2v) is 7.43. The molecule has 0 unspecified atom stereocenters. The van der Waals surface area contributed by atoms with E-state index in [1.165, 1.54) is 4.31 Å². The van der Waals surface area contributed by atoms with E-state index in [9.17, 15) is 8.42 Å². The smallest absolute Gasteiger partial charge is 0.243 e. The van der Waals surface area contributed by atoms with Gasteiger partial charge < -0.3 is 5.32 Å². The highest BCUT2D eigenvalue weighted by molar-refractivity contribution is 9.10. The van der Waals surface area contributed by atoms with Gasteiger partial charge in [-0.15, -0.1) is 0 Å². The number of halogens is 1. The van der Waals surface area contributed by atoms with Crippen molar-refractivity contribution in [1.29, 1.82) is 0 Å². The van der Waals surface area contributed by atoms with Gasteiger partial charge >= 0.3 is 0 Å². The molecule has 0 spiro atoms. The second-order valence-electron chi connectivity index (χ2n) is 4.56. The van der Waals surface area contributed by atoms with Crippen LogP contribution in [0.2, 0.25) is 0 Å². The van der Waals surface area contributed by atoms with Crippen molar-refractivity contribution < 1.29 is 8.42 Å². The van der Waals surface area contributed by atoms with Crippen LogP contribution in [0.25, 0.3) is 0 Å². The number of nitrogens with one attached hydrogen (secondary N) is 1. The Bertz CT molecular complexity index is 544. The summed E-state index contributed by atoms with van der Waals surface area (Å²) in [7, 11) is 0.0408. The van der Waals surface area contributed by atoms with Gasteiger partial charge in [-0.3, -0.25) is 0 Å². The van der Waals surface area contributed by atoms with E-state index in [4.69, 9.17) is 0 Å². The fourth-order valence-electron chi connectivity index (χ4n) is 1.88. The molecule has 0 heterocycles. The fraction of sp³-hybridized carbons (Fsp3) is 0.538. The van der Waals surface area contributed by atoms with Gasteiger partial charge in [-0.2, -0.15) is 0 Å². The highest BCUT2D eigenvalue weighted by Crippen LogP contribution is 2.27. The number of hydrogen-bond acceptors (Lipinski definition) is 3. The van der Waals surface area contributed by atoms with Crippen LogP contribution in [0.15, 0.2) is 21.5 Å². The van der Waals surface area contributed by atoms with E-state index >= 15 is 0 Å². The lowest BCUT2D eigenvalue weighted by atomic mass is 10.1. The first-order valence-electron chi connectivity index (χ1n) is 6.24. The van der Waals surface area contributed by atoms with Crippen LogP contribution in [0, 0.1) is 6.92 Å². The molecule has 4 nitrogen and oxygen atoms in total. The number of benzene rings is 1. The summed E-state index contributed by atoms with van der Waals surface area (Å²) in [6.45, 7) is 4.95. The second kappa shape index (κ2) is 6.83. The Kier molecular flexibility index (Phi) is 5.98. The van der Waals surface area contributed by atoms with E-state index in [0.29, 0.717) is 18.0 Å². The minimum atomic E-state index is -3.42. The Morgan fingerprint density at radius 3 is 2.53 bits per heavy atom. The summed E-state index contributed by atoms with van der Waals surface area (Å²) >= 11 is 3.44. The average molecular weight is 349 g/mol. The molecule has 19 heavy (non-hydrogen) atoms. The lowest BCUT2D eigenvalue weighted by Gasteiger charge is -2.19. The van der Waals surface area contributed by atoms with E-state index in [1.807, 2.05) is 27.0 Å². The average Bonchev–Trinajstić information content (AvgIpc) is 2.34. The molecule has 1 rings (SSSR count). The molecule has 0 amide bonds. The summed E-state index contributed by atoms with van der Waals surface area (Å²) < 4.78 is 27.3. The molecule has 6 heteroatoms. The van der Waals surface area contributed by atoms with Crippen molar-refractivity contribution in [3.8, 4) is 0 Å². The Balaban J connectivity index is 3.32. The summed E-state index contributed by atoms with van der Waals surface area (Å²) in [6, 6.07) is 3.70. The fourth-order valence-corrected chi connectivity index (χ4v) is 4.08. The first-order valence-corrected chi connectivity index (χ1v) is 8.47. The summed E-state index contributed by atoms with van der Waals surface area (Å²) in [6.07, 6.45) is 0.798. The maximum atomic E-state index is 12.5.